The Morgan fingerprint density at radius 3 is 2.50 bits per heavy atom. The number of nitrogens with zero attached hydrogens (tertiary/aromatic N) is 1. The Morgan fingerprint density at radius 2 is 1.92 bits per heavy atom. The van der Waals surface area contributed by atoms with Gasteiger partial charge in [0.25, 0.3) is 0 Å². The van der Waals surface area contributed by atoms with Gasteiger partial charge in [-0.25, -0.2) is 5.84 Å². The summed E-state index contributed by atoms with van der Waals surface area (Å²) in [5.41, 5.74) is 1.34. The van der Waals surface area contributed by atoms with Crippen molar-refractivity contribution in [1.82, 2.24) is 0 Å². The first-order valence-corrected chi connectivity index (χ1v) is 7.36. The lowest BCUT2D eigenvalue weighted by Gasteiger charge is -2.21. The molecule has 0 radical (unpaired) electrons. The van der Waals surface area contributed by atoms with Gasteiger partial charge in [-0.15, -0.1) is 0 Å². The second-order valence-corrected chi connectivity index (χ2v) is 5.35. The number of phenolic OH excluding ortho intramolecular Hbond substituents is 1. The Bertz CT molecular complexity index is 715. The maximum atomic E-state index is 13.1. The predicted molar refractivity (Wildman–Crippen MR) is 85.9 cm³/mol. The molecular weight excluding hydrogens is 321 g/mol. The molecule has 0 fully saturated rings. The second kappa shape index (κ2) is 7.00. The highest BCUT2D eigenvalue weighted by Crippen LogP contribution is 2.38. The van der Waals surface area contributed by atoms with Gasteiger partial charge in [0.05, 0.1) is 5.69 Å². The zero-order valence-corrected chi connectivity index (χ0v) is 13.4. The molecule has 3 N–H and O–H groups in total. The lowest BCUT2D eigenvalue weighted by atomic mass is 10.0. The normalized spacial score (nSPS) is 11.4. The second-order valence-electron chi connectivity index (χ2n) is 5.35. The molecule has 0 heterocycles. The Morgan fingerprint density at radius 1 is 1.21 bits per heavy atom. The Labute approximate surface area is 138 Å². The molecule has 0 spiro atoms. The molecule has 0 aromatic heterocycles. The smallest absolute Gasteiger partial charge is 0.420 e. The molecule has 4 nitrogen and oxygen atoms in total. The van der Waals surface area contributed by atoms with E-state index in [9.17, 15) is 18.3 Å². The third-order valence-corrected chi connectivity index (χ3v) is 3.65. The van der Waals surface area contributed by atoms with Crippen LogP contribution in [0.2, 0.25) is 0 Å². The zero-order valence-electron chi connectivity index (χ0n) is 13.4. The molecule has 0 aliphatic carbocycles. The van der Waals surface area contributed by atoms with E-state index in [1.807, 2.05) is 19.1 Å². The summed E-state index contributed by atoms with van der Waals surface area (Å²) in [6.45, 7) is 1.88. The van der Waals surface area contributed by atoms with Crippen molar-refractivity contribution in [1.29, 1.82) is 0 Å². The molecule has 0 unspecified atom stereocenters. The Hall–Kier alpha value is -2.41. The zero-order chi connectivity index (χ0) is 17.9. The number of benzene rings is 2. The van der Waals surface area contributed by atoms with Crippen molar-refractivity contribution in [2.75, 3.05) is 12.1 Å². The summed E-state index contributed by atoms with van der Waals surface area (Å²) in [4.78, 5) is 0. The molecule has 0 aliphatic heterocycles. The van der Waals surface area contributed by atoms with Crippen molar-refractivity contribution in [3.8, 4) is 11.5 Å². The van der Waals surface area contributed by atoms with Crippen molar-refractivity contribution in [2.24, 2.45) is 5.84 Å². The average Bonchev–Trinajstić information content (AvgIpc) is 2.52. The van der Waals surface area contributed by atoms with Crippen LogP contribution in [-0.2, 0) is 19.2 Å². The number of anilines is 1. The number of rotatable bonds is 5. The lowest BCUT2D eigenvalue weighted by Crippen LogP contribution is -2.27. The molecule has 24 heavy (non-hydrogen) atoms. The highest BCUT2D eigenvalue weighted by Gasteiger charge is 2.35. The van der Waals surface area contributed by atoms with E-state index in [-0.39, 0.29) is 12.4 Å². The third-order valence-electron chi connectivity index (χ3n) is 3.65. The van der Waals surface area contributed by atoms with Crippen LogP contribution in [0, 0.1) is 0 Å². The molecule has 2 aromatic carbocycles. The first kappa shape index (κ1) is 17.9. The fraction of sp³-hybridized carbons (Fsp3) is 0.294. The molecule has 2 rings (SSSR count). The van der Waals surface area contributed by atoms with Gasteiger partial charge in [-0.3, -0.25) is 0 Å². The fourth-order valence-electron chi connectivity index (χ4n) is 2.46. The van der Waals surface area contributed by atoms with Crippen molar-refractivity contribution < 1.29 is 23.0 Å². The van der Waals surface area contributed by atoms with Gasteiger partial charge in [-0.1, -0.05) is 19.1 Å². The molecule has 2 aromatic rings. The molecule has 7 heteroatoms. The summed E-state index contributed by atoms with van der Waals surface area (Å²) >= 11 is 0. The highest BCUT2D eigenvalue weighted by atomic mass is 19.4. The van der Waals surface area contributed by atoms with Gasteiger partial charge in [0.2, 0.25) is 0 Å². The molecule has 0 aliphatic rings. The minimum atomic E-state index is -4.62. The monoisotopic (exact) mass is 340 g/mol. The number of alkyl halides is 3. The minimum Gasteiger partial charge on any atom is -0.508 e. The molecular formula is C17H19F3N2O2. The van der Waals surface area contributed by atoms with Crippen LogP contribution in [0.3, 0.4) is 0 Å². The molecule has 0 bridgehead atoms. The number of hydrogen-bond acceptors (Lipinski definition) is 4. The van der Waals surface area contributed by atoms with E-state index in [4.69, 9.17) is 10.6 Å². The molecule has 130 valence electrons. The summed E-state index contributed by atoms with van der Waals surface area (Å²) in [7, 11) is 1.65. The number of hydrazine groups is 1. The summed E-state index contributed by atoms with van der Waals surface area (Å²) in [6.07, 6.45) is -3.92. The van der Waals surface area contributed by atoms with Crippen LogP contribution in [0.25, 0.3) is 0 Å². The van der Waals surface area contributed by atoms with E-state index < -0.39 is 17.5 Å². The van der Waals surface area contributed by atoms with Crippen LogP contribution in [0.1, 0.15) is 23.6 Å². The SMILES string of the molecule is CCc1cccc(N(C)N)c1COc1ccc(O)cc1C(F)(F)F. The van der Waals surface area contributed by atoms with Crippen LogP contribution in [0.5, 0.6) is 11.5 Å². The molecule has 0 atom stereocenters. The van der Waals surface area contributed by atoms with Crippen LogP contribution >= 0.6 is 0 Å². The summed E-state index contributed by atoms with van der Waals surface area (Å²) in [6, 6.07) is 8.41. The van der Waals surface area contributed by atoms with Crippen molar-refractivity contribution in [3.05, 3.63) is 53.1 Å². The number of hydrogen-bond donors (Lipinski definition) is 2. The average molecular weight is 340 g/mol. The third kappa shape index (κ3) is 3.91. The summed E-state index contributed by atoms with van der Waals surface area (Å²) in [5.74, 6) is 4.99. The topological polar surface area (TPSA) is 58.7 Å². The van der Waals surface area contributed by atoms with E-state index in [2.05, 4.69) is 0 Å². The lowest BCUT2D eigenvalue weighted by molar-refractivity contribution is -0.139. The van der Waals surface area contributed by atoms with E-state index in [1.54, 1.807) is 13.1 Å². The number of nitrogens with two attached hydrogens (primary N) is 1. The van der Waals surface area contributed by atoms with Crippen molar-refractivity contribution in [3.63, 3.8) is 0 Å². The van der Waals surface area contributed by atoms with Crippen LogP contribution in [-0.4, -0.2) is 12.2 Å². The van der Waals surface area contributed by atoms with Crippen LogP contribution < -0.4 is 15.6 Å². The molecule has 0 amide bonds. The van der Waals surface area contributed by atoms with E-state index >= 15 is 0 Å². The Kier molecular flexibility index (Phi) is 5.23. The minimum absolute atomic E-state index is 0.0608. The van der Waals surface area contributed by atoms with Crippen molar-refractivity contribution in [2.45, 2.75) is 26.1 Å². The Balaban J connectivity index is 2.36. The maximum absolute atomic E-state index is 13.1. The first-order chi connectivity index (χ1) is 11.2. The van der Waals surface area contributed by atoms with Crippen LogP contribution in [0.4, 0.5) is 18.9 Å². The van der Waals surface area contributed by atoms with E-state index in [0.29, 0.717) is 18.2 Å². The number of aryl methyl sites for hydroxylation is 1. The molecule has 0 saturated carbocycles. The van der Waals surface area contributed by atoms with E-state index in [0.717, 1.165) is 23.3 Å². The first-order valence-electron chi connectivity index (χ1n) is 7.36. The van der Waals surface area contributed by atoms with Gasteiger partial charge in [-0.2, -0.15) is 13.2 Å². The predicted octanol–water partition coefficient (Wildman–Crippen LogP) is 3.86. The van der Waals surface area contributed by atoms with Gasteiger partial charge in [0.1, 0.15) is 23.7 Å². The van der Waals surface area contributed by atoms with Gasteiger partial charge in [0, 0.05) is 12.6 Å². The van der Waals surface area contributed by atoms with Gasteiger partial charge in [0.15, 0.2) is 0 Å². The standard InChI is InChI=1S/C17H19F3N2O2/c1-3-11-5-4-6-15(22(2)21)13(11)10-24-16-8-7-12(23)9-14(16)17(18,19)20/h4-9,23H,3,10,21H2,1-2H3. The number of halogens is 3. The highest BCUT2D eigenvalue weighted by molar-refractivity contribution is 5.55. The largest absolute Gasteiger partial charge is 0.508 e. The van der Waals surface area contributed by atoms with E-state index in [1.165, 1.54) is 5.01 Å². The van der Waals surface area contributed by atoms with Gasteiger partial charge >= 0.3 is 6.18 Å². The summed E-state index contributed by atoms with van der Waals surface area (Å²) < 4.78 is 44.7. The number of aromatic hydroxyl groups is 1. The maximum Gasteiger partial charge on any atom is 0.420 e. The quantitative estimate of drug-likeness (QED) is 0.641. The summed E-state index contributed by atoms with van der Waals surface area (Å²) in [5, 5.41) is 10.7. The van der Waals surface area contributed by atoms with Gasteiger partial charge < -0.3 is 14.9 Å². The van der Waals surface area contributed by atoms with Crippen LogP contribution in [0.15, 0.2) is 36.4 Å². The van der Waals surface area contributed by atoms with Crippen molar-refractivity contribution >= 4 is 5.69 Å². The number of phenols is 1. The number of ether oxygens (including phenoxy) is 1. The fourth-order valence-corrected chi connectivity index (χ4v) is 2.46. The van der Waals surface area contributed by atoms with Gasteiger partial charge in [-0.05, 0) is 36.2 Å². The molecule has 0 saturated heterocycles.